The fraction of sp³-hybridized carbons (Fsp3) is 0.393. The lowest BCUT2D eigenvalue weighted by molar-refractivity contribution is 0.0966. The highest BCUT2D eigenvalue weighted by atomic mass is 35.5. The van der Waals surface area contributed by atoms with Crippen molar-refractivity contribution in [1.29, 1.82) is 0 Å². The number of carbonyl (C=O) groups excluding carboxylic acids is 2. The summed E-state index contributed by atoms with van der Waals surface area (Å²) in [7, 11) is 2.17. The Balaban J connectivity index is 0.000000350. The summed E-state index contributed by atoms with van der Waals surface area (Å²) >= 11 is 6.01. The van der Waals surface area contributed by atoms with Gasteiger partial charge in [-0.3, -0.25) is 14.6 Å². The number of benzene rings is 2. The van der Waals surface area contributed by atoms with E-state index in [1.807, 2.05) is 25.1 Å². The molecule has 1 aromatic heterocycles. The number of carbonyl (C=O) groups is 2. The molecule has 1 fully saturated rings. The van der Waals surface area contributed by atoms with E-state index in [-0.39, 0.29) is 22.3 Å². The van der Waals surface area contributed by atoms with Gasteiger partial charge < -0.3 is 4.90 Å². The molecule has 0 radical (unpaired) electrons. The van der Waals surface area contributed by atoms with Crippen molar-refractivity contribution in [3.8, 4) is 11.1 Å². The van der Waals surface area contributed by atoms with E-state index in [9.17, 15) is 14.0 Å². The number of ketones is 1. The average molecular weight is 483 g/mol. The number of Topliss-reactive ketones (excluding diaryl/α,β-unsaturated/α-hetero) is 1. The van der Waals surface area contributed by atoms with E-state index in [2.05, 4.69) is 30.8 Å². The smallest absolute Gasteiger partial charge is 0.167 e. The second-order valence-electron chi connectivity index (χ2n) is 8.94. The number of hydrogen-bond donors (Lipinski definition) is 0. The third kappa shape index (κ3) is 6.08. The first-order chi connectivity index (χ1) is 16.3. The number of aryl methyl sites for hydroxylation is 1. The van der Waals surface area contributed by atoms with Crippen LogP contribution < -0.4 is 0 Å². The van der Waals surface area contributed by atoms with Crippen LogP contribution in [0.1, 0.15) is 65.8 Å². The summed E-state index contributed by atoms with van der Waals surface area (Å²) in [6, 6.07) is 8.40. The highest BCUT2D eigenvalue weighted by molar-refractivity contribution is 6.33. The number of aromatic nitrogens is 1. The van der Waals surface area contributed by atoms with Gasteiger partial charge in [0, 0.05) is 23.1 Å². The van der Waals surface area contributed by atoms with Gasteiger partial charge in [0.05, 0.1) is 16.1 Å². The molecule has 0 spiro atoms. The van der Waals surface area contributed by atoms with Gasteiger partial charge in [-0.2, -0.15) is 0 Å². The quantitative estimate of drug-likeness (QED) is 0.253. The van der Waals surface area contributed by atoms with Gasteiger partial charge in [-0.25, -0.2) is 4.39 Å². The molecular weight excluding hydrogens is 451 g/mol. The van der Waals surface area contributed by atoms with E-state index in [4.69, 9.17) is 11.6 Å². The van der Waals surface area contributed by atoms with Crippen molar-refractivity contribution in [3.05, 3.63) is 64.1 Å². The molecule has 3 aromatic rings. The van der Waals surface area contributed by atoms with E-state index in [0.29, 0.717) is 17.4 Å². The zero-order valence-electron chi connectivity index (χ0n) is 20.3. The predicted molar refractivity (Wildman–Crippen MR) is 137 cm³/mol. The minimum atomic E-state index is -0.657. The van der Waals surface area contributed by atoms with E-state index < -0.39 is 5.82 Å². The van der Waals surface area contributed by atoms with Crippen LogP contribution in [0.5, 0.6) is 0 Å². The third-order valence-electron chi connectivity index (χ3n) is 6.09. The molecule has 1 saturated carbocycles. The van der Waals surface area contributed by atoms with Gasteiger partial charge in [0.1, 0.15) is 5.82 Å². The van der Waals surface area contributed by atoms with Crippen molar-refractivity contribution < 1.29 is 14.0 Å². The van der Waals surface area contributed by atoms with Crippen LogP contribution >= 0.6 is 11.6 Å². The lowest BCUT2D eigenvalue weighted by Crippen LogP contribution is -2.19. The molecule has 1 heterocycles. The SMILES string of the molecule is CCCN(C)CCC.Cc1c(C(=O)C2CC2)cnc2ccc(-c3cc(F)c(C=O)c(Cl)c3)cc12. The number of pyridine rings is 1. The Bertz CT molecular complexity index is 1160. The summed E-state index contributed by atoms with van der Waals surface area (Å²) < 4.78 is 14.1. The number of aldehydes is 1. The topological polar surface area (TPSA) is 50.3 Å². The lowest BCUT2D eigenvalue weighted by Gasteiger charge is -2.12. The summed E-state index contributed by atoms with van der Waals surface area (Å²) in [6.07, 6.45) is 6.49. The minimum Gasteiger partial charge on any atom is -0.306 e. The number of hydrogen-bond acceptors (Lipinski definition) is 4. The third-order valence-corrected chi connectivity index (χ3v) is 6.40. The highest BCUT2D eigenvalue weighted by Crippen LogP contribution is 2.35. The van der Waals surface area contributed by atoms with Gasteiger partial charge in [-0.1, -0.05) is 31.5 Å². The maximum absolute atomic E-state index is 14.1. The average Bonchev–Trinajstić information content (AvgIpc) is 3.65. The Kier molecular flexibility index (Phi) is 8.92. The first kappa shape index (κ1) is 26.0. The van der Waals surface area contributed by atoms with Crippen LogP contribution in [0.3, 0.4) is 0 Å². The van der Waals surface area contributed by atoms with Gasteiger partial charge in [0.25, 0.3) is 0 Å². The number of nitrogens with zero attached hydrogens (tertiary/aromatic N) is 2. The van der Waals surface area contributed by atoms with E-state index in [1.165, 1.54) is 32.0 Å². The molecule has 0 saturated heterocycles. The summed E-state index contributed by atoms with van der Waals surface area (Å²) in [5.41, 5.74) is 3.47. The summed E-state index contributed by atoms with van der Waals surface area (Å²) in [5.74, 6) is -0.387. The Hall–Kier alpha value is -2.63. The van der Waals surface area contributed by atoms with Crippen molar-refractivity contribution in [3.63, 3.8) is 0 Å². The van der Waals surface area contributed by atoms with E-state index >= 15 is 0 Å². The van der Waals surface area contributed by atoms with Crippen molar-refractivity contribution in [1.82, 2.24) is 9.88 Å². The van der Waals surface area contributed by atoms with Crippen molar-refractivity contribution in [2.75, 3.05) is 20.1 Å². The van der Waals surface area contributed by atoms with Crippen LogP contribution in [0, 0.1) is 18.7 Å². The fourth-order valence-corrected chi connectivity index (χ4v) is 4.31. The Morgan fingerprint density at radius 3 is 2.38 bits per heavy atom. The Morgan fingerprint density at radius 2 is 1.82 bits per heavy atom. The molecule has 2 aromatic carbocycles. The summed E-state index contributed by atoms with van der Waals surface area (Å²) in [5, 5.41) is 0.924. The van der Waals surface area contributed by atoms with Crippen molar-refractivity contribution in [2.45, 2.75) is 46.5 Å². The maximum Gasteiger partial charge on any atom is 0.167 e. The van der Waals surface area contributed by atoms with Crippen LogP contribution in [-0.4, -0.2) is 42.1 Å². The van der Waals surface area contributed by atoms with E-state index in [1.54, 1.807) is 12.3 Å². The van der Waals surface area contributed by atoms with Crippen LogP contribution in [0.4, 0.5) is 4.39 Å². The number of fused-ring (bicyclic) bond motifs is 1. The standard InChI is InChI=1S/C21H15ClFNO2.C7H17N/c1-11-15-6-13(14-7-18(22)17(10-25)19(23)8-14)4-5-20(15)24-9-16(11)21(26)12-2-3-12;1-4-6-8(3)7-5-2/h4-10,12H,2-3H2,1H3;4-7H2,1-3H3. The molecule has 0 bridgehead atoms. The zero-order valence-corrected chi connectivity index (χ0v) is 21.1. The molecule has 0 amide bonds. The molecule has 4 rings (SSSR count). The second kappa shape index (κ2) is 11.7. The highest BCUT2D eigenvalue weighted by Gasteiger charge is 2.31. The maximum atomic E-state index is 14.1. The molecule has 0 N–H and O–H groups in total. The van der Waals surface area contributed by atoms with Crippen LogP contribution in [0.2, 0.25) is 5.02 Å². The van der Waals surface area contributed by atoms with Crippen LogP contribution in [0.15, 0.2) is 36.5 Å². The zero-order chi connectivity index (χ0) is 24.8. The molecule has 0 unspecified atom stereocenters. The Morgan fingerprint density at radius 1 is 1.15 bits per heavy atom. The molecule has 180 valence electrons. The lowest BCUT2D eigenvalue weighted by atomic mass is 9.96. The van der Waals surface area contributed by atoms with E-state index in [0.717, 1.165) is 34.9 Å². The Labute approximate surface area is 206 Å². The molecule has 4 nitrogen and oxygen atoms in total. The summed E-state index contributed by atoms with van der Waals surface area (Å²) in [4.78, 5) is 30.1. The van der Waals surface area contributed by atoms with Crippen LogP contribution in [-0.2, 0) is 0 Å². The second-order valence-corrected chi connectivity index (χ2v) is 9.35. The van der Waals surface area contributed by atoms with Gasteiger partial charge in [0.15, 0.2) is 12.1 Å². The molecule has 34 heavy (non-hydrogen) atoms. The molecule has 1 aliphatic carbocycles. The first-order valence-corrected chi connectivity index (χ1v) is 12.2. The molecule has 0 atom stereocenters. The van der Waals surface area contributed by atoms with Gasteiger partial charge in [-0.15, -0.1) is 0 Å². The predicted octanol–water partition coefficient (Wildman–Crippen LogP) is 7.15. The fourth-order valence-electron chi connectivity index (χ4n) is 4.06. The molecular formula is C28H32ClFN2O2. The molecule has 6 heteroatoms. The van der Waals surface area contributed by atoms with Crippen LogP contribution in [0.25, 0.3) is 22.0 Å². The van der Waals surface area contributed by atoms with Gasteiger partial charge in [-0.05, 0) is 93.7 Å². The number of halogens is 2. The normalized spacial score (nSPS) is 13.0. The minimum absolute atomic E-state index is 0.0719. The summed E-state index contributed by atoms with van der Waals surface area (Å²) in [6.45, 7) is 8.83. The van der Waals surface area contributed by atoms with Crippen molar-refractivity contribution >= 4 is 34.6 Å². The van der Waals surface area contributed by atoms with Crippen molar-refractivity contribution in [2.24, 2.45) is 5.92 Å². The molecule has 0 aliphatic heterocycles. The van der Waals surface area contributed by atoms with Gasteiger partial charge in [0.2, 0.25) is 0 Å². The molecule has 1 aliphatic rings. The monoisotopic (exact) mass is 482 g/mol. The first-order valence-electron chi connectivity index (χ1n) is 11.9. The van der Waals surface area contributed by atoms with Gasteiger partial charge >= 0.3 is 0 Å². The largest absolute Gasteiger partial charge is 0.306 e. The number of rotatable bonds is 8.